The van der Waals surface area contributed by atoms with Crippen molar-refractivity contribution in [2.75, 3.05) is 27.2 Å². The molecular formula is C23H27FN4O3. The highest BCUT2D eigenvalue weighted by atomic mass is 19.1. The molecule has 1 N–H and O–H groups in total. The maximum atomic E-state index is 14.4. The number of halogens is 1. The van der Waals surface area contributed by atoms with Crippen molar-refractivity contribution in [1.29, 1.82) is 0 Å². The summed E-state index contributed by atoms with van der Waals surface area (Å²) in [6.45, 7) is 2.34. The first-order valence-electron chi connectivity index (χ1n) is 10.2. The third-order valence-corrected chi connectivity index (χ3v) is 5.10. The SMILES string of the molecule is CCCNC(=O)N(C)CC(=O)N1N=C(c2ccccc2F)C[C@@H]1c1ccc(OC)cc1. The molecule has 164 valence electrons. The lowest BCUT2D eigenvalue weighted by Crippen LogP contribution is -2.43. The molecule has 8 heteroatoms. The molecule has 0 unspecified atom stereocenters. The Morgan fingerprint density at radius 1 is 1.23 bits per heavy atom. The van der Waals surface area contributed by atoms with Gasteiger partial charge in [-0.2, -0.15) is 5.10 Å². The molecule has 31 heavy (non-hydrogen) atoms. The van der Waals surface area contributed by atoms with E-state index in [1.807, 2.05) is 31.2 Å². The van der Waals surface area contributed by atoms with Gasteiger partial charge >= 0.3 is 6.03 Å². The molecule has 3 rings (SSSR count). The minimum absolute atomic E-state index is 0.143. The van der Waals surface area contributed by atoms with Crippen LogP contribution in [-0.2, 0) is 4.79 Å². The summed E-state index contributed by atoms with van der Waals surface area (Å²) in [6, 6.07) is 13.0. The number of methoxy groups -OCH3 is 1. The van der Waals surface area contributed by atoms with Crippen LogP contribution in [0.25, 0.3) is 0 Å². The van der Waals surface area contributed by atoms with Crippen LogP contribution in [0.3, 0.4) is 0 Å². The Balaban J connectivity index is 1.86. The highest BCUT2D eigenvalue weighted by Gasteiger charge is 2.34. The number of benzene rings is 2. The molecule has 0 aromatic heterocycles. The van der Waals surface area contributed by atoms with Gasteiger partial charge in [0.1, 0.15) is 18.1 Å². The smallest absolute Gasteiger partial charge is 0.317 e. The van der Waals surface area contributed by atoms with Crippen molar-refractivity contribution in [3.63, 3.8) is 0 Å². The summed E-state index contributed by atoms with van der Waals surface area (Å²) < 4.78 is 19.6. The number of ether oxygens (including phenoxy) is 1. The maximum Gasteiger partial charge on any atom is 0.317 e. The molecule has 2 aromatic rings. The first kappa shape index (κ1) is 22.3. The number of likely N-dealkylation sites (N-methyl/N-ethyl adjacent to an activating group) is 1. The zero-order valence-corrected chi connectivity index (χ0v) is 18.0. The summed E-state index contributed by atoms with van der Waals surface area (Å²) in [5.41, 5.74) is 1.71. The van der Waals surface area contributed by atoms with Crippen LogP contribution >= 0.6 is 0 Å². The fourth-order valence-electron chi connectivity index (χ4n) is 3.40. The standard InChI is InChI=1S/C23H27FN4O3/c1-4-13-25-23(30)27(2)15-22(29)28-21(16-9-11-17(31-3)12-10-16)14-20(26-28)18-7-5-6-8-19(18)24/h5-12,21H,4,13-15H2,1-3H3,(H,25,30)/t21-/m1/s1. The number of hydrazone groups is 1. The van der Waals surface area contributed by atoms with Crippen LogP contribution in [-0.4, -0.2) is 54.8 Å². The fourth-order valence-corrected chi connectivity index (χ4v) is 3.40. The molecule has 0 bridgehead atoms. The molecular weight excluding hydrogens is 399 g/mol. The third-order valence-electron chi connectivity index (χ3n) is 5.10. The number of carbonyl (C=O) groups is 2. The average Bonchev–Trinajstić information content (AvgIpc) is 3.23. The van der Waals surface area contributed by atoms with Crippen LogP contribution < -0.4 is 10.1 Å². The number of hydrogen-bond acceptors (Lipinski definition) is 4. The summed E-state index contributed by atoms with van der Waals surface area (Å²) in [7, 11) is 3.14. The minimum atomic E-state index is -0.403. The monoisotopic (exact) mass is 426 g/mol. The Labute approximate surface area is 181 Å². The van der Waals surface area contributed by atoms with E-state index in [0.717, 1.165) is 12.0 Å². The van der Waals surface area contributed by atoms with E-state index in [1.165, 1.54) is 16.0 Å². The first-order valence-corrected chi connectivity index (χ1v) is 10.2. The number of nitrogens with zero attached hydrogens (tertiary/aromatic N) is 3. The van der Waals surface area contributed by atoms with Crippen LogP contribution in [0.4, 0.5) is 9.18 Å². The van der Waals surface area contributed by atoms with Gasteiger partial charge in [0.05, 0.1) is 18.9 Å². The van der Waals surface area contributed by atoms with Gasteiger partial charge in [-0.3, -0.25) is 4.79 Å². The van der Waals surface area contributed by atoms with E-state index >= 15 is 0 Å². The van der Waals surface area contributed by atoms with Gasteiger partial charge in [0.15, 0.2) is 0 Å². The summed E-state index contributed by atoms with van der Waals surface area (Å²) in [4.78, 5) is 26.6. The second-order valence-electron chi connectivity index (χ2n) is 7.35. The number of nitrogens with one attached hydrogen (secondary N) is 1. The molecule has 0 spiro atoms. The lowest BCUT2D eigenvalue weighted by atomic mass is 9.98. The van der Waals surface area contributed by atoms with E-state index in [9.17, 15) is 14.0 Å². The van der Waals surface area contributed by atoms with Crippen LogP contribution in [0.1, 0.15) is 36.9 Å². The molecule has 3 amide bonds. The van der Waals surface area contributed by atoms with Gasteiger partial charge in [0.2, 0.25) is 0 Å². The Hall–Kier alpha value is -3.42. The Bertz CT molecular complexity index is 962. The largest absolute Gasteiger partial charge is 0.497 e. The quantitative estimate of drug-likeness (QED) is 0.736. The van der Waals surface area contributed by atoms with E-state index in [2.05, 4.69) is 10.4 Å². The highest BCUT2D eigenvalue weighted by Crippen LogP contribution is 2.34. The van der Waals surface area contributed by atoms with Crippen molar-refractivity contribution in [1.82, 2.24) is 15.2 Å². The highest BCUT2D eigenvalue weighted by molar-refractivity contribution is 6.03. The number of carbonyl (C=O) groups excluding carboxylic acids is 2. The third kappa shape index (κ3) is 5.20. The van der Waals surface area contributed by atoms with E-state index in [0.29, 0.717) is 30.0 Å². The molecule has 2 aromatic carbocycles. The topological polar surface area (TPSA) is 74.2 Å². The average molecular weight is 426 g/mol. The van der Waals surface area contributed by atoms with Crippen LogP contribution in [0.2, 0.25) is 0 Å². The molecule has 1 aliphatic heterocycles. The molecule has 0 saturated carbocycles. The van der Waals surface area contributed by atoms with Crippen LogP contribution in [0.15, 0.2) is 53.6 Å². The molecule has 1 heterocycles. The molecule has 7 nitrogen and oxygen atoms in total. The van der Waals surface area contributed by atoms with E-state index < -0.39 is 6.04 Å². The van der Waals surface area contributed by atoms with Gasteiger partial charge in [0, 0.05) is 25.6 Å². The molecule has 1 aliphatic rings. The number of amides is 3. The van der Waals surface area contributed by atoms with Gasteiger partial charge in [0.25, 0.3) is 5.91 Å². The fraction of sp³-hybridized carbons (Fsp3) is 0.348. The second-order valence-corrected chi connectivity index (χ2v) is 7.35. The Morgan fingerprint density at radius 2 is 1.94 bits per heavy atom. The van der Waals surface area contributed by atoms with Gasteiger partial charge in [-0.05, 0) is 30.2 Å². The molecule has 0 fully saturated rings. The zero-order chi connectivity index (χ0) is 22.4. The number of hydrogen-bond donors (Lipinski definition) is 1. The van der Waals surface area contributed by atoms with Crippen LogP contribution in [0, 0.1) is 5.82 Å². The number of rotatable bonds is 7. The molecule has 0 saturated heterocycles. The van der Waals surface area contributed by atoms with E-state index in [1.54, 1.807) is 32.4 Å². The summed E-state index contributed by atoms with van der Waals surface area (Å²) in [6.07, 6.45) is 1.17. The summed E-state index contributed by atoms with van der Waals surface area (Å²) >= 11 is 0. The van der Waals surface area contributed by atoms with Crippen molar-refractivity contribution in [3.8, 4) is 5.75 Å². The lowest BCUT2D eigenvalue weighted by Gasteiger charge is -2.25. The normalized spacial score (nSPS) is 15.4. The van der Waals surface area contributed by atoms with Crippen molar-refractivity contribution in [2.45, 2.75) is 25.8 Å². The molecule has 0 radical (unpaired) electrons. The van der Waals surface area contributed by atoms with Gasteiger partial charge < -0.3 is 15.0 Å². The predicted molar refractivity (Wildman–Crippen MR) is 116 cm³/mol. The molecule has 0 aliphatic carbocycles. The lowest BCUT2D eigenvalue weighted by molar-refractivity contribution is -0.133. The minimum Gasteiger partial charge on any atom is -0.497 e. The Morgan fingerprint density at radius 3 is 2.58 bits per heavy atom. The van der Waals surface area contributed by atoms with Crippen LogP contribution in [0.5, 0.6) is 5.75 Å². The van der Waals surface area contributed by atoms with Gasteiger partial charge in [-0.1, -0.05) is 37.3 Å². The van der Waals surface area contributed by atoms with E-state index in [4.69, 9.17) is 4.74 Å². The predicted octanol–water partition coefficient (Wildman–Crippen LogP) is 3.56. The van der Waals surface area contributed by atoms with Crippen molar-refractivity contribution in [3.05, 3.63) is 65.5 Å². The second kappa shape index (κ2) is 10.1. The summed E-state index contributed by atoms with van der Waals surface area (Å²) in [5, 5.41) is 8.56. The van der Waals surface area contributed by atoms with Gasteiger partial charge in [-0.15, -0.1) is 0 Å². The van der Waals surface area contributed by atoms with Crippen molar-refractivity contribution < 1.29 is 18.7 Å². The summed E-state index contributed by atoms with van der Waals surface area (Å²) in [5.74, 6) is -0.0383. The van der Waals surface area contributed by atoms with Crippen molar-refractivity contribution >= 4 is 17.6 Å². The number of urea groups is 1. The van der Waals surface area contributed by atoms with E-state index in [-0.39, 0.29) is 24.3 Å². The van der Waals surface area contributed by atoms with Crippen molar-refractivity contribution in [2.24, 2.45) is 5.10 Å². The Kier molecular flexibility index (Phi) is 7.23. The first-order chi connectivity index (χ1) is 14.9. The molecule has 1 atom stereocenters. The maximum absolute atomic E-state index is 14.4. The zero-order valence-electron chi connectivity index (χ0n) is 18.0. The van der Waals surface area contributed by atoms with Gasteiger partial charge in [-0.25, -0.2) is 14.2 Å².